The van der Waals surface area contributed by atoms with Crippen molar-refractivity contribution in [2.45, 2.75) is 0 Å². The van der Waals surface area contributed by atoms with E-state index in [1.165, 1.54) is 11.0 Å². The topological polar surface area (TPSA) is 59.8 Å². The summed E-state index contributed by atoms with van der Waals surface area (Å²) in [5.41, 5.74) is 0. The van der Waals surface area contributed by atoms with Crippen LogP contribution >= 0.6 is 0 Å². The van der Waals surface area contributed by atoms with E-state index in [0.717, 1.165) is 0 Å². The molecule has 1 aromatic rings. The van der Waals surface area contributed by atoms with Gasteiger partial charge in [0.05, 0.1) is 5.91 Å². The second kappa shape index (κ2) is 5.16. The molecule has 0 unspecified atom stereocenters. The summed E-state index contributed by atoms with van der Waals surface area (Å²) in [6.45, 7) is 3.18. The van der Waals surface area contributed by atoms with Gasteiger partial charge in [-0.25, -0.2) is 4.68 Å². The molecule has 0 saturated heterocycles. The number of amides is 1. The van der Waals surface area contributed by atoms with Crippen molar-refractivity contribution in [3.8, 4) is 0 Å². The minimum atomic E-state index is -0.416. The fourth-order valence-electron chi connectivity index (χ4n) is 0.555. The molecule has 0 aromatic carbocycles. The Labute approximate surface area is 95.1 Å². The van der Waals surface area contributed by atoms with Gasteiger partial charge in [0.15, 0.2) is 0 Å². The van der Waals surface area contributed by atoms with E-state index in [1.807, 2.05) is 0 Å². The summed E-state index contributed by atoms with van der Waals surface area (Å²) in [5, 5.41) is 6.16. The van der Waals surface area contributed by atoms with Gasteiger partial charge in [0, 0.05) is 39.8 Å². The SMILES string of the molecule is C=[C-]C(=O)Nc1ncnn1C.[Y]. The summed E-state index contributed by atoms with van der Waals surface area (Å²) in [5.74, 6) is -0.0350. The second-order valence-electron chi connectivity index (χ2n) is 1.84. The van der Waals surface area contributed by atoms with Crippen molar-refractivity contribution in [1.29, 1.82) is 0 Å². The third-order valence-electron chi connectivity index (χ3n) is 1.10. The number of aryl methyl sites for hydroxylation is 1. The average molecular weight is 240 g/mol. The molecular formula is C6H7N4OY-. The van der Waals surface area contributed by atoms with E-state index in [1.54, 1.807) is 7.05 Å². The van der Waals surface area contributed by atoms with Crippen molar-refractivity contribution in [3.05, 3.63) is 19.0 Å². The Kier molecular flexibility index (Phi) is 4.93. The standard InChI is InChI=1S/C6H7N4O.Y/c1-3-5(11)9-6-7-4-8-10(6)2;/h4H,1H2,2H3,(H,7,8,9,11);/q-1;. The van der Waals surface area contributed by atoms with Crippen LogP contribution in [0.1, 0.15) is 0 Å². The molecule has 0 bridgehead atoms. The molecule has 0 saturated carbocycles. The number of aromatic nitrogens is 3. The summed E-state index contributed by atoms with van der Waals surface area (Å²) in [6.07, 6.45) is 3.50. The molecule has 1 amide bonds. The zero-order chi connectivity index (χ0) is 8.27. The zero-order valence-electron chi connectivity index (χ0n) is 6.61. The van der Waals surface area contributed by atoms with Gasteiger partial charge in [0.25, 0.3) is 0 Å². The Morgan fingerprint density at radius 2 is 2.50 bits per heavy atom. The van der Waals surface area contributed by atoms with E-state index in [9.17, 15) is 4.79 Å². The van der Waals surface area contributed by atoms with Gasteiger partial charge < -0.3 is 16.2 Å². The summed E-state index contributed by atoms with van der Waals surface area (Å²) >= 11 is 0. The van der Waals surface area contributed by atoms with E-state index in [-0.39, 0.29) is 32.7 Å². The number of rotatable bonds is 2. The van der Waals surface area contributed by atoms with Gasteiger partial charge in [0.1, 0.15) is 6.33 Å². The van der Waals surface area contributed by atoms with Crippen LogP contribution in [0, 0.1) is 6.08 Å². The van der Waals surface area contributed by atoms with Gasteiger partial charge in [-0.1, -0.05) is 0 Å². The van der Waals surface area contributed by atoms with Crippen LogP contribution < -0.4 is 5.32 Å². The molecule has 12 heavy (non-hydrogen) atoms. The van der Waals surface area contributed by atoms with E-state index in [0.29, 0.717) is 5.95 Å². The maximum Gasteiger partial charge on any atom is 0.225 e. The smallest absolute Gasteiger partial charge is 0.225 e. The van der Waals surface area contributed by atoms with Crippen LogP contribution in [0.2, 0.25) is 0 Å². The molecule has 6 heteroatoms. The first-order chi connectivity index (χ1) is 5.24. The molecule has 5 nitrogen and oxygen atoms in total. The van der Waals surface area contributed by atoms with Crippen molar-refractivity contribution >= 4 is 11.9 Å². The van der Waals surface area contributed by atoms with Crippen molar-refractivity contribution in [2.24, 2.45) is 7.05 Å². The number of nitrogens with one attached hydrogen (secondary N) is 1. The Hall–Kier alpha value is -0.546. The molecule has 0 aliphatic heterocycles. The van der Waals surface area contributed by atoms with Gasteiger partial charge in [-0.05, 0) is 0 Å². The Morgan fingerprint density at radius 3 is 2.92 bits per heavy atom. The molecule has 1 aromatic heterocycles. The number of hydrogen-bond acceptors (Lipinski definition) is 3. The van der Waals surface area contributed by atoms with E-state index in [2.05, 4.69) is 28.1 Å². The third kappa shape index (κ3) is 2.83. The van der Waals surface area contributed by atoms with Crippen LogP contribution in [0.3, 0.4) is 0 Å². The first kappa shape index (κ1) is 11.5. The van der Waals surface area contributed by atoms with Gasteiger partial charge in [-0.15, -0.1) is 0 Å². The zero-order valence-corrected chi connectivity index (χ0v) is 9.45. The Balaban J connectivity index is 0.00000121. The van der Waals surface area contributed by atoms with E-state index >= 15 is 0 Å². The molecule has 0 spiro atoms. The van der Waals surface area contributed by atoms with Crippen molar-refractivity contribution in [3.63, 3.8) is 0 Å². The molecule has 0 atom stereocenters. The molecule has 1 rings (SSSR count). The first-order valence-electron chi connectivity index (χ1n) is 2.92. The average Bonchev–Trinajstić information content (AvgIpc) is 2.37. The van der Waals surface area contributed by atoms with Crippen molar-refractivity contribution in [2.75, 3.05) is 5.32 Å². The van der Waals surface area contributed by atoms with E-state index < -0.39 is 5.91 Å². The molecule has 1 heterocycles. The number of hydrogen-bond donors (Lipinski definition) is 1. The Morgan fingerprint density at radius 1 is 1.83 bits per heavy atom. The Bertz CT molecular complexity index is 283. The molecule has 0 aliphatic rings. The molecule has 0 aliphatic carbocycles. The quantitative estimate of drug-likeness (QED) is 0.572. The largest absolute Gasteiger partial charge is 0.412 e. The van der Waals surface area contributed by atoms with Crippen LogP contribution in [0.4, 0.5) is 5.95 Å². The van der Waals surface area contributed by atoms with Gasteiger partial charge in [-0.3, -0.25) is 6.58 Å². The van der Waals surface area contributed by atoms with E-state index in [4.69, 9.17) is 0 Å². The molecule has 61 valence electrons. The predicted octanol–water partition coefficient (Wildman–Crippen LogP) is -0.260. The fraction of sp³-hybridized carbons (Fsp3) is 0.167. The maximum absolute atomic E-state index is 10.7. The normalized spacial score (nSPS) is 8.42. The summed E-state index contributed by atoms with van der Waals surface area (Å²) in [4.78, 5) is 14.4. The third-order valence-corrected chi connectivity index (χ3v) is 1.10. The number of anilines is 1. The van der Waals surface area contributed by atoms with Crippen molar-refractivity contribution in [1.82, 2.24) is 14.8 Å². The van der Waals surface area contributed by atoms with Crippen LogP contribution in [-0.2, 0) is 44.6 Å². The number of carbonyl (C=O) groups excluding carboxylic acids is 1. The van der Waals surface area contributed by atoms with Gasteiger partial charge >= 0.3 is 0 Å². The molecule has 0 fully saturated rings. The molecular weight excluding hydrogens is 233 g/mol. The van der Waals surface area contributed by atoms with Gasteiger partial charge in [-0.2, -0.15) is 10.1 Å². The first-order valence-corrected chi connectivity index (χ1v) is 2.92. The minimum Gasteiger partial charge on any atom is -0.412 e. The van der Waals surface area contributed by atoms with Crippen LogP contribution in [0.15, 0.2) is 12.9 Å². The van der Waals surface area contributed by atoms with Crippen LogP contribution in [0.5, 0.6) is 0 Å². The monoisotopic (exact) mass is 240 g/mol. The number of carbonyl (C=O) groups is 1. The molecule has 1 N–H and O–H groups in total. The fourth-order valence-corrected chi connectivity index (χ4v) is 0.555. The summed E-state index contributed by atoms with van der Waals surface area (Å²) in [7, 11) is 1.67. The summed E-state index contributed by atoms with van der Waals surface area (Å²) in [6, 6.07) is 0. The number of nitrogens with zero attached hydrogens (tertiary/aromatic N) is 3. The second-order valence-corrected chi connectivity index (χ2v) is 1.84. The van der Waals surface area contributed by atoms with Crippen molar-refractivity contribution < 1.29 is 37.5 Å². The van der Waals surface area contributed by atoms with Crippen LogP contribution in [-0.4, -0.2) is 20.7 Å². The molecule has 1 radical (unpaired) electrons. The predicted molar refractivity (Wildman–Crippen MR) is 38.5 cm³/mol. The minimum absolute atomic E-state index is 0. The summed E-state index contributed by atoms with van der Waals surface area (Å²) < 4.78 is 1.44. The maximum atomic E-state index is 10.7. The van der Waals surface area contributed by atoms with Gasteiger partial charge in [0.2, 0.25) is 5.95 Å². The van der Waals surface area contributed by atoms with Crippen LogP contribution in [0.25, 0.3) is 0 Å².